The molecule has 0 bridgehead atoms. The van der Waals surface area contributed by atoms with Crippen molar-refractivity contribution < 1.29 is 19.0 Å². The Morgan fingerprint density at radius 2 is 2.07 bits per heavy atom. The number of ether oxygens (including phenoxy) is 3. The van der Waals surface area contributed by atoms with Crippen molar-refractivity contribution in [2.75, 3.05) is 31.4 Å². The molecule has 0 unspecified atom stereocenters. The van der Waals surface area contributed by atoms with Crippen LogP contribution in [-0.4, -0.2) is 43.0 Å². The molecule has 1 aromatic carbocycles. The Morgan fingerprint density at radius 1 is 1.22 bits per heavy atom. The molecule has 27 heavy (non-hydrogen) atoms. The average Bonchev–Trinajstić information content (AvgIpc) is 3.13. The molecule has 0 saturated carbocycles. The molecular formula is C20H23N3O4. The Balaban J connectivity index is 1.42. The van der Waals surface area contributed by atoms with Crippen LogP contribution in [0.1, 0.15) is 29.9 Å². The third-order valence-electron chi connectivity index (χ3n) is 4.66. The van der Waals surface area contributed by atoms with E-state index in [1.807, 2.05) is 30.3 Å². The zero-order valence-corrected chi connectivity index (χ0v) is 15.5. The molecule has 0 aliphatic carbocycles. The van der Waals surface area contributed by atoms with Crippen molar-refractivity contribution in [3.05, 3.63) is 47.8 Å². The van der Waals surface area contributed by atoms with E-state index in [0.717, 1.165) is 30.1 Å². The molecule has 2 aromatic rings. The van der Waals surface area contributed by atoms with Crippen LogP contribution < -0.4 is 19.7 Å². The summed E-state index contributed by atoms with van der Waals surface area (Å²) in [6, 6.07) is 9.39. The van der Waals surface area contributed by atoms with Crippen LogP contribution in [0.4, 0.5) is 5.69 Å². The minimum absolute atomic E-state index is 0.205. The SMILES string of the molecule is CC1(C)CN(c2ccnc(C(=O)NCc3ccc4c(c3)OCO4)c2)CCO1. The Bertz CT molecular complexity index is 853. The fourth-order valence-corrected chi connectivity index (χ4v) is 3.30. The van der Waals surface area contributed by atoms with E-state index in [1.54, 1.807) is 6.20 Å². The lowest BCUT2D eigenvalue weighted by atomic mass is 10.1. The molecule has 1 aromatic heterocycles. The third kappa shape index (κ3) is 3.98. The minimum atomic E-state index is -0.206. The monoisotopic (exact) mass is 369 g/mol. The lowest BCUT2D eigenvalue weighted by Gasteiger charge is -2.39. The molecule has 0 atom stereocenters. The Labute approximate surface area is 158 Å². The van der Waals surface area contributed by atoms with Gasteiger partial charge in [-0.25, -0.2) is 0 Å². The van der Waals surface area contributed by atoms with Crippen LogP contribution in [0.5, 0.6) is 11.5 Å². The molecule has 1 N–H and O–H groups in total. The van der Waals surface area contributed by atoms with Crippen LogP contribution in [-0.2, 0) is 11.3 Å². The van der Waals surface area contributed by atoms with E-state index in [9.17, 15) is 4.79 Å². The highest BCUT2D eigenvalue weighted by molar-refractivity contribution is 5.93. The van der Waals surface area contributed by atoms with Gasteiger partial charge in [-0.1, -0.05) is 6.07 Å². The zero-order valence-electron chi connectivity index (χ0n) is 15.5. The van der Waals surface area contributed by atoms with Gasteiger partial charge in [-0.15, -0.1) is 0 Å². The summed E-state index contributed by atoms with van der Waals surface area (Å²) >= 11 is 0. The standard InChI is InChI=1S/C20H23N3O4/c1-20(2)12-23(7-8-27-20)15-5-6-21-16(10-15)19(24)22-11-14-3-4-17-18(9-14)26-13-25-17/h3-6,9-10H,7-8,11-13H2,1-2H3,(H,22,24). The maximum absolute atomic E-state index is 12.5. The highest BCUT2D eigenvalue weighted by Gasteiger charge is 2.27. The number of aromatic nitrogens is 1. The van der Waals surface area contributed by atoms with E-state index in [-0.39, 0.29) is 18.3 Å². The first-order valence-corrected chi connectivity index (χ1v) is 9.02. The second kappa shape index (κ2) is 7.08. The van der Waals surface area contributed by atoms with Crippen LogP contribution >= 0.6 is 0 Å². The van der Waals surface area contributed by atoms with Gasteiger partial charge < -0.3 is 24.4 Å². The van der Waals surface area contributed by atoms with Gasteiger partial charge in [0.1, 0.15) is 5.69 Å². The molecule has 4 rings (SSSR count). The average molecular weight is 369 g/mol. The van der Waals surface area contributed by atoms with E-state index in [4.69, 9.17) is 14.2 Å². The molecule has 1 saturated heterocycles. The smallest absolute Gasteiger partial charge is 0.270 e. The quantitative estimate of drug-likeness (QED) is 0.892. The Morgan fingerprint density at radius 3 is 2.93 bits per heavy atom. The Kier molecular flexibility index (Phi) is 4.61. The largest absolute Gasteiger partial charge is 0.454 e. The van der Waals surface area contributed by atoms with Crippen molar-refractivity contribution in [1.29, 1.82) is 0 Å². The number of amides is 1. The summed E-state index contributed by atoms with van der Waals surface area (Å²) in [5.41, 5.74) is 2.12. The summed E-state index contributed by atoms with van der Waals surface area (Å²) in [7, 11) is 0. The summed E-state index contributed by atoms with van der Waals surface area (Å²) < 4.78 is 16.4. The fourth-order valence-electron chi connectivity index (χ4n) is 3.30. The molecule has 2 aliphatic rings. The Hall–Kier alpha value is -2.80. The maximum atomic E-state index is 12.5. The molecule has 0 radical (unpaired) electrons. The first-order chi connectivity index (χ1) is 13.0. The van der Waals surface area contributed by atoms with Gasteiger partial charge in [0.25, 0.3) is 5.91 Å². The lowest BCUT2D eigenvalue weighted by molar-refractivity contribution is -0.0276. The fraction of sp³-hybridized carbons (Fsp3) is 0.400. The number of anilines is 1. The van der Waals surface area contributed by atoms with Gasteiger partial charge in [0, 0.05) is 31.5 Å². The summed E-state index contributed by atoms with van der Waals surface area (Å²) in [6.07, 6.45) is 1.67. The predicted octanol–water partition coefficient (Wildman–Crippen LogP) is 2.36. The third-order valence-corrected chi connectivity index (χ3v) is 4.66. The van der Waals surface area contributed by atoms with Crippen LogP contribution in [0.2, 0.25) is 0 Å². The molecular weight excluding hydrogens is 346 g/mol. The number of rotatable bonds is 4. The highest BCUT2D eigenvalue weighted by Crippen LogP contribution is 2.32. The number of carbonyl (C=O) groups excluding carboxylic acids is 1. The topological polar surface area (TPSA) is 72.9 Å². The van der Waals surface area contributed by atoms with Crippen LogP contribution in [0.25, 0.3) is 0 Å². The van der Waals surface area contributed by atoms with Crippen LogP contribution in [0.15, 0.2) is 36.5 Å². The van der Waals surface area contributed by atoms with E-state index in [0.29, 0.717) is 24.6 Å². The number of hydrogen-bond acceptors (Lipinski definition) is 6. The van der Waals surface area contributed by atoms with Crippen molar-refractivity contribution in [2.45, 2.75) is 26.0 Å². The summed E-state index contributed by atoms with van der Waals surface area (Å²) in [6.45, 7) is 7.01. The van der Waals surface area contributed by atoms with Gasteiger partial charge in [0.2, 0.25) is 6.79 Å². The number of benzene rings is 1. The van der Waals surface area contributed by atoms with E-state index >= 15 is 0 Å². The molecule has 1 amide bonds. The predicted molar refractivity (Wildman–Crippen MR) is 100 cm³/mol. The van der Waals surface area contributed by atoms with Gasteiger partial charge in [-0.3, -0.25) is 9.78 Å². The van der Waals surface area contributed by atoms with Gasteiger partial charge >= 0.3 is 0 Å². The molecule has 1 fully saturated rings. The van der Waals surface area contributed by atoms with E-state index in [1.165, 1.54) is 0 Å². The first-order valence-electron chi connectivity index (χ1n) is 9.02. The number of fused-ring (bicyclic) bond motifs is 1. The van der Waals surface area contributed by atoms with E-state index < -0.39 is 0 Å². The molecule has 0 spiro atoms. The molecule has 3 heterocycles. The number of nitrogens with zero attached hydrogens (tertiary/aromatic N) is 2. The van der Waals surface area contributed by atoms with Crippen molar-refractivity contribution >= 4 is 11.6 Å². The van der Waals surface area contributed by atoms with Gasteiger partial charge in [-0.2, -0.15) is 0 Å². The van der Waals surface area contributed by atoms with E-state index in [2.05, 4.69) is 29.0 Å². The van der Waals surface area contributed by atoms with Gasteiger partial charge in [-0.05, 0) is 43.7 Å². The number of hydrogen-bond donors (Lipinski definition) is 1. The number of carbonyl (C=O) groups is 1. The number of nitrogens with one attached hydrogen (secondary N) is 1. The normalized spacial score (nSPS) is 17.6. The number of morpholine rings is 1. The summed E-state index contributed by atoms with van der Waals surface area (Å²) in [5.74, 6) is 1.23. The minimum Gasteiger partial charge on any atom is -0.454 e. The molecule has 7 nitrogen and oxygen atoms in total. The zero-order chi connectivity index (χ0) is 18.9. The van der Waals surface area contributed by atoms with Gasteiger partial charge in [0.05, 0.1) is 12.2 Å². The van der Waals surface area contributed by atoms with Crippen LogP contribution in [0, 0.1) is 0 Å². The van der Waals surface area contributed by atoms with Crippen molar-refractivity contribution in [3.63, 3.8) is 0 Å². The molecule has 2 aliphatic heterocycles. The van der Waals surface area contributed by atoms with Crippen molar-refractivity contribution in [2.24, 2.45) is 0 Å². The molecule has 142 valence electrons. The second-order valence-corrected chi connectivity index (χ2v) is 7.30. The first kappa shape index (κ1) is 17.6. The van der Waals surface area contributed by atoms with Gasteiger partial charge in [0.15, 0.2) is 11.5 Å². The van der Waals surface area contributed by atoms with Crippen molar-refractivity contribution in [3.8, 4) is 11.5 Å². The van der Waals surface area contributed by atoms with Crippen molar-refractivity contribution in [1.82, 2.24) is 10.3 Å². The lowest BCUT2D eigenvalue weighted by Crippen LogP contribution is -2.48. The second-order valence-electron chi connectivity index (χ2n) is 7.30. The maximum Gasteiger partial charge on any atom is 0.270 e. The molecule has 7 heteroatoms. The number of pyridine rings is 1. The van der Waals surface area contributed by atoms with Crippen LogP contribution in [0.3, 0.4) is 0 Å². The summed E-state index contributed by atoms with van der Waals surface area (Å²) in [5, 5.41) is 2.91. The summed E-state index contributed by atoms with van der Waals surface area (Å²) in [4.78, 5) is 19.0. The highest BCUT2D eigenvalue weighted by atomic mass is 16.7.